The Kier molecular flexibility index (Phi) is 6.87. The Labute approximate surface area is 128 Å². The summed E-state index contributed by atoms with van der Waals surface area (Å²) in [5, 5.41) is 21.0. The lowest BCUT2D eigenvalue weighted by Gasteiger charge is -2.23. The summed E-state index contributed by atoms with van der Waals surface area (Å²) in [5.74, 6) is 0.673. The molecule has 0 heterocycles. The molecule has 6 nitrogen and oxygen atoms in total. The lowest BCUT2D eigenvalue weighted by molar-refractivity contribution is -0.135. The molecule has 2 amide bonds. The molecule has 0 aliphatic rings. The van der Waals surface area contributed by atoms with Crippen LogP contribution < -0.4 is 10.2 Å². The Hall–Kier alpha value is -1.89. The second-order valence-corrected chi connectivity index (χ2v) is 5.83. The molecule has 0 aromatic heterocycles. The number of phenolic OH excluding ortho intramolecular Hbond substituents is 1. The number of amides is 2. The van der Waals surface area contributed by atoms with Crippen molar-refractivity contribution < 1.29 is 19.8 Å². The number of urea groups is 1. The highest BCUT2D eigenvalue weighted by Gasteiger charge is 2.20. The number of anilines is 1. The maximum Gasteiger partial charge on any atom is 0.323 e. The van der Waals surface area contributed by atoms with Crippen molar-refractivity contribution in [3.05, 3.63) is 24.3 Å². The molecule has 3 N–H and O–H groups in total. The summed E-state index contributed by atoms with van der Waals surface area (Å²) in [4.78, 5) is 24.3. The van der Waals surface area contributed by atoms with Crippen molar-refractivity contribution in [2.75, 3.05) is 23.0 Å². The van der Waals surface area contributed by atoms with Crippen molar-refractivity contribution in [1.82, 2.24) is 5.32 Å². The van der Waals surface area contributed by atoms with Crippen LogP contribution in [0.5, 0.6) is 5.75 Å². The van der Waals surface area contributed by atoms with Gasteiger partial charge in [-0.1, -0.05) is 6.92 Å². The molecule has 0 fully saturated rings. The molecule has 21 heavy (non-hydrogen) atoms. The van der Waals surface area contributed by atoms with Crippen molar-refractivity contribution in [2.45, 2.75) is 19.9 Å². The first-order chi connectivity index (χ1) is 9.93. The zero-order chi connectivity index (χ0) is 15.8. The van der Waals surface area contributed by atoms with Gasteiger partial charge >= 0.3 is 12.0 Å². The smallest absolute Gasteiger partial charge is 0.323 e. The summed E-state index contributed by atoms with van der Waals surface area (Å²) in [6.07, 6.45) is 0. The molecule has 1 unspecified atom stereocenters. The summed E-state index contributed by atoms with van der Waals surface area (Å²) in [5.41, 5.74) is 0.419. The van der Waals surface area contributed by atoms with E-state index in [2.05, 4.69) is 5.32 Å². The zero-order valence-corrected chi connectivity index (χ0v) is 12.9. The van der Waals surface area contributed by atoms with Crippen LogP contribution in [0.15, 0.2) is 24.3 Å². The number of nitrogens with zero attached hydrogens (tertiary/aromatic N) is 1. The summed E-state index contributed by atoms with van der Waals surface area (Å²) in [7, 11) is 0. The normalized spacial score (nSPS) is 11.7. The Morgan fingerprint density at radius 2 is 1.95 bits per heavy atom. The number of carbonyl (C=O) groups is 2. The van der Waals surface area contributed by atoms with Crippen LogP contribution in [0.3, 0.4) is 0 Å². The average molecular weight is 312 g/mol. The maximum absolute atomic E-state index is 12.2. The van der Waals surface area contributed by atoms with Gasteiger partial charge in [-0.3, -0.25) is 9.69 Å². The number of aliphatic carboxylic acids is 1. The Morgan fingerprint density at radius 1 is 1.33 bits per heavy atom. The molecular formula is C14H20N2O4S. The van der Waals surface area contributed by atoms with E-state index in [0.717, 1.165) is 16.4 Å². The number of benzene rings is 1. The van der Waals surface area contributed by atoms with E-state index in [1.54, 1.807) is 11.8 Å². The fourth-order valence-corrected chi connectivity index (χ4v) is 2.35. The van der Waals surface area contributed by atoms with Gasteiger partial charge in [-0.05, 0) is 36.9 Å². The van der Waals surface area contributed by atoms with E-state index >= 15 is 0 Å². The van der Waals surface area contributed by atoms with Crippen LogP contribution in [0.4, 0.5) is 10.5 Å². The van der Waals surface area contributed by atoms with Gasteiger partial charge in [-0.15, -0.1) is 0 Å². The maximum atomic E-state index is 12.2. The number of aromatic hydroxyl groups is 1. The molecular weight excluding hydrogens is 292 g/mol. The highest BCUT2D eigenvalue weighted by Crippen LogP contribution is 2.18. The summed E-state index contributed by atoms with van der Waals surface area (Å²) >= 11 is 1.70. The van der Waals surface area contributed by atoms with Crippen molar-refractivity contribution in [3.8, 4) is 5.75 Å². The number of carboxylic acids is 1. The van der Waals surface area contributed by atoms with Gasteiger partial charge in [0, 0.05) is 17.5 Å². The first kappa shape index (κ1) is 17.2. The number of hydrogen-bond donors (Lipinski definition) is 3. The predicted molar refractivity (Wildman–Crippen MR) is 84.1 cm³/mol. The summed E-state index contributed by atoms with van der Waals surface area (Å²) in [6, 6.07) is 5.30. The Balaban J connectivity index is 2.79. The third-order valence-electron chi connectivity index (χ3n) is 2.64. The van der Waals surface area contributed by atoms with Gasteiger partial charge in [-0.25, -0.2) is 4.79 Å². The minimum Gasteiger partial charge on any atom is -0.508 e. The van der Waals surface area contributed by atoms with Gasteiger partial charge in [0.2, 0.25) is 0 Å². The molecule has 1 atom stereocenters. The predicted octanol–water partition coefficient (Wildman–Crippen LogP) is 2.13. The third-order valence-corrected chi connectivity index (χ3v) is 3.79. The van der Waals surface area contributed by atoms with E-state index in [4.69, 9.17) is 5.11 Å². The Bertz CT molecular complexity index is 478. The number of hydrogen-bond acceptors (Lipinski definition) is 4. The molecule has 0 radical (unpaired) electrons. The van der Waals surface area contributed by atoms with E-state index in [9.17, 15) is 14.7 Å². The number of carboxylic acid groups (broad SMARTS) is 1. The molecule has 1 aromatic rings. The van der Waals surface area contributed by atoms with Crippen molar-refractivity contribution in [1.29, 1.82) is 0 Å². The fraction of sp³-hybridized carbons (Fsp3) is 0.429. The van der Waals surface area contributed by atoms with Crippen molar-refractivity contribution in [3.63, 3.8) is 0 Å². The van der Waals surface area contributed by atoms with E-state index in [0.29, 0.717) is 5.69 Å². The lowest BCUT2D eigenvalue weighted by Crippen LogP contribution is -2.46. The molecule has 116 valence electrons. The van der Waals surface area contributed by atoms with Gasteiger partial charge in [0.15, 0.2) is 0 Å². The average Bonchev–Trinajstić information content (AvgIpc) is 2.43. The topological polar surface area (TPSA) is 89.9 Å². The standard InChI is InChI=1S/C14H20N2O4S/c1-3-21-9-10(2)15-14(20)16(8-13(18)19)11-4-6-12(17)7-5-11/h4-7,10,17H,3,8-9H2,1-2H3,(H,15,20)(H,18,19). The minimum absolute atomic E-state index is 0.0575. The highest BCUT2D eigenvalue weighted by atomic mass is 32.2. The molecule has 0 saturated carbocycles. The van der Waals surface area contributed by atoms with E-state index in [1.807, 2.05) is 13.8 Å². The molecule has 7 heteroatoms. The van der Waals surface area contributed by atoms with Crippen LogP contribution in [0.1, 0.15) is 13.8 Å². The first-order valence-corrected chi connectivity index (χ1v) is 7.76. The Morgan fingerprint density at radius 3 is 2.48 bits per heavy atom. The number of rotatable bonds is 7. The second kappa shape index (κ2) is 8.41. The molecule has 0 aliphatic heterocycles. The number of phenols is 1. The SMILES string of the molecule is CCSCC(C)NC(=O)N(CC(=O)O)c1ccc(O)cc1. The van der Waals surface area contributed by atoms with Crippen LogP contribution in [0.25, 0.3) is 0 Å². The van der Waals surface area contributed by atoms with Crippen molar-refractivity contribution in [2.24, 2.45) is 0 Å². The molecule has 1 aromatic carbocycles. The minimum atomic E-state index is -1.10. The van der Waals surface area contributed by atoms with E-state index in [1.165, 1.54) is 24.3 Å². The van der Waals surface area contributed by atoms with Crippen molar-refractivity contribution >= 4 is 29.4 Å². The fourth-order valence-electron chi connectivity index (χ4n) is 1.67. The molecule has 0 aliphatic carbocycles. The highest BCUT2D eigenvalue weighted by molar-refractivity contribution is 7.99. The monoisotopic (exact) mass is 312 g/mol. The quantitative estimate of drug-likeness (QED) is 0.717. The molecule has 0 bridgehead atoms. The van der Waals surface area contributed by atoms with Crippen LogP contribution in [0, 0.1) is 0 Å². The number of carbonyl (C=O) groups excluding carboxylic acids is 1. The summed E-state index contributed by atoms with van der Waals surface area (Å²) in [6.45, 7) is 3.47. The largest absolute Gasteiger partial charge is 0.508 e. The third kappa shape index (κ3) is 5.95. The van der Waals surface area contributed by atoms with Gasteiger partial charge < -0.3 is 15.5 Å². The zero-order valence-electron chi connectivity index (χ0n) is 12.1. The number of thioether (sulfide) groups is 1. The van der Waals surface area contributed by atoms with Gasteiger partial charge in [0.05, 0.1) is 0 Å². The summed E-state index contributed by atoms with van der Waals surface area (Å²) < 4.78 is 0. The second-order valence-electron chi connectivity index (χ2n) is 4.51. The van der Waals surface area contributed by atoms with Crippen LogP contribution in [-0.2, 0) is 4.79 Å². The van der Waals surface area contributed by atoms with Crippen LogP contribution >= 0.6 is 11.8 Å². The van der Waals surface area contributed by atoms with E-state index < -0.39 is 18.5 Å². The van der Waals surface area contributed by atoms with Crippen LogP contribution in [-0.4, -0.2) is 46.3 Å². The lowest BCUT2D eigenvalue weighted by atomic mass is 10.2. The van der Waals surface area contributed by atoms with Crippen LogP contribution in [0.2, 0.25) is 0 Å². The van der Waals surface area contributed by atoms with Gasteiger partial charge in [0.25, 0.3) is 0 Å². The van der Waals surface area contributed by atoms with Gasteiger partial charge in [0.1, 0.15) is 12.3 Å². The molecule has 0 saturated heterocycles. The molecule has 0 spiro atoms. The first-order valence-electron chi connectivity index (χ1n) is 6.60. The van der Waals surface area contributed by atoms with E-state index in [-0.39, 0.29) is 11.8 Å². The molecule has 1 rings (SSSR count). The number of nitrogens with one attached hydrogen (secondary N) is 1. The van der Waals surface area contributed by atoms with Gasteiger partial charge in [-0.2, -0.15) is 11.8 Å².